The largest absolute Gasteiger partial charge is 0.469 e. The van der Waals surface area contributed by atoms with Gasteiger partial charge in [-0.25, -0.2) is 0 Å². The first kappa shape index (κ1) is 12.3. The Hall–Kier alpha value is -1.13. The van der Waals surface area contributed by atoms with Crippen molar-refractivity contribution < 1.29 is 4.42 Å². The maximum absolute atomic E-state index is 5.39. The molecule has 0 aliphatic rings. The molecule has 1 atom stereocenters. The molecular formula is C13H15BrN2O. The Bertz CT molecular complexity index is 456. The van der Waals surface area contributed by atoms with E-state index in [1.807, 2.05) is 30.5 Å². The number of hydrogen-bond acceptors (Lipinski definition) is 3. The number of aromatic nitrogens is 1. The maximum atomic E-state index is 5.39. The summed E-state index contributed by atoms with van der Waals surface area (Å²) in [4.78, 5) is 4.43. The number of nitrogens with zero attached hydrogens (tertiary/aromatic N) is 1. The van der Waals surface area contributed by atoms with E-state index < -0.39 is 0 Å². The van der Waals surface area contributed by atoms with E-state index in [0.717, 1.165) is 28.9 Å². The van der Waals surface area contributed by atoms with Gasteiger partial charge in [0.1, 0.15) is 5.76 Å². The number of nitrogens with one attached hydrogen (secondary N) is 1. The molecule has 0 saturated heterocycles. The van der Waals surface area contributed by atoms with Gasteiger partial charge in [0.15, 0.2) is 0 Å². The first-order valence-electron chi connectivity index (χ1n) is 5.67. The molecule has 2 rings (SSSR count). The Labute approximate surface area is 109 Å². The SMILES string of the molecule is CCNC(Cc1ccco1)c1ncccc1Br. The van der Waals surface area contributed by atoms with Gasteiger partial charge in [-0.2, -0.15) is 0 Å². The number of furan rings is 1. The van der Waals surface area contributed by atoms with Crippen LogP contribution in [-0.4, -0.2) is 11.5 Å². The normalized spacial score (nSPS) is 12.6. The van der Waals surface area contributed by atoms with Gasteiger partial charge < -0.3 is 9.73 Å². The minimum atomic E-state index is 0.168. The molecule has 0 saturated carbocycles. The summed E-state index contributed by atoms with van der Waals surface area (Å²) in [6.07, 6.45) is 4.31. The van der Waals surface area contributed by atoms with Crippen molar-refractivity contribution in [3.63, 3.8) is 0 Å². The summed E-state index contributed by atoms with van der Waals surface area (Å²) in [5.41, 5.74) is 1.02. The highest BCUT2D eigenvalue weighted by molar-refractivity contribution is 9.10. The van der Waals surface area contributed by atoms with Crippen molar-refractivity contribution >= 4 is 15.9 Å². The van der Waals surface area contributed by atoms with Crippen molar-refractivity contribution in [2.75, 3.05) is 6.54 Å². The molecule has 17 heavy (non-hydrogen) atoms. The van der Waals surface area contributed by atoms with Crippen molar-refractivity contribution in [3.8, 4) is 0 Å². The second kappa shape index (κ2) is 5.98. The van der Waals surface area contributed by atoms with Gasteiger partial charge in [0, 0.05) is 17.1 Å². The van der Waals surface area contributed by atoms with Crippen LogP contribution in [-0.2, 0) is 6.42 Å². The molecule has 0 aliphatic heterocycles. The Balaban J connectivity index is 2.20. The van der Waals surface area contributed by atoms with E-state index in [-0.39, 0.29) is 6.04 Å². The third kappa shape index (κ3) is 3.17. The molecule has 0 aliphatic carbocycles. The molecule has 2 aromatic rings. The van der Waals surface area contributed by atoms with E-state index in [1.54, 1.807) is 6.26 Å². The highest BCUT2D eigenvalue weighted by atomic mass is 79.9. The fourth-order valence-corrected chi connectivity index (χ4v) is 2.33. The van der Waals surface area contributed by atoms with Crippen LogP contribution in [0.4, 0.5) is 0 Å². The van der Waals surface area contributed by atoms with Gasteiger partial charge in [-0.3, -0.25) is 4.98 Å². The summed E-state index contributed by atoms with van der Waals surface area (Å²) < 4.78 is 6.41. The van der Waals surface area contributed by atoms with E-state index in [2.05, 4.69) is 33.2 Å². The lowest BCUT2D eigenvalue weighted by Crippen LogP contribution is -2.24. The van der Waals surface area contributed by atoms with Gasteiger partial charge in [0.05, 0.1) is 18.0 Å². The quantitative estimate of drug-likeness (QED) is 0.919. The number of hydrogen-bond donors (Lipinski definition) is 1. The highest BCUT2D eigenvalue weighted by Gasteiger charge is 2.16. The summed E-state index contributed by atoms with van der Waals surface area (Å²) in [6.45, 7) is 2.99. The lowest BCUT2D eigenvalue weighted by Gasteiger charge is -2.17. The van der Waals surface area contributed by atoms with E-state index in [4.69, 9.17) is 4.42 Å². The third-order valence-electron chi connectivity index (χ3n) is 2.55. The van der Waals surface area contributed by atoms with E-state index in [0.29, 0.717) is 0 Å². The molecule has 2 aromatic heterocycles. The molecule has 1 unspecified atom stereocenters. The zero-order valence-corrected chi connectivity index (χ0v) is 11.3. The highest BCUT2D eigenvalue weighted by Crippen LogP contribution is 2.23. The number of rotatable bonds is 5. The fraction of sp³-hybridized carbons (Fsp3) is 0.308. The average Bonchev–Trinajstić information content (AvgIpc) is 2.82. The zero-order chi connectivity index (χ0) is 12.1. The predicted octanol–water partition coefficient (Wildman–Crippen LogP) is 3.33. The molecule has 0 aromatic carbocycles. The van der Waals surface area contributed by atoms with Crippen molar-refractivity contribution in [1.82, 2.24) is 10.3 Å². The summed E-state index contributed by atoms with van der Waals surface area (Å²) in [5, 5.41) is 3.43. The molecule has 2 heterocycles. The Morgan fingerprint density at radius 3 is 2.94 bits per heavy atom. The standard InChI is InChI=1S/C13H15BrN2O/c1-2-15-12(9-10-5-4-8-17-10)13-11(14)6-3-7-16-13/h3-8,12,15H,2,9H2,1H3. The van der Waals surface area contributed by atoms with Gasteiger partial charge in [0.25, 0.3) is 0 Å². The summed E-state index contributed by atoms with van der Waals surface area (Å²) in [7, 11) is 0. The van der Waals surface area contributed by atoms with E-state index in [9.17, 15) is 0 Å². The fourth-order valence-electron chi connectivity index (χ4n) is 1.80. The number of halogens is 1. The van der Waals surface area contributed by atoms with Gasteiger partial charge >= 0.3 is 0 Å². The Morgan fingerprint density at radius 1 is 1.41 bits per heavy atom. The van der Waals surface area contributed by atoms with Gasteiger partial charge in [0.2, 0.25) is 0 Å². The minimum Gasteiger partial charge on any atom is -0.469 e. The summed E-state index contributed by atoms with van der Waals surface area (Å²) in [6, 6.07) is 7.99. The topological polar surface area (TPSA) is 38.1 Å². The van der Waals surface area contributed by atoms with Crippen LogP contribution in [0, 0.1) is 0 Å². The molecule has 0 bridgehead atoms. The Kier molecular flexibility index (Phi) is 4.34. The van der Waals surface area contributed by atoms with Gasteiger partial charge in [-0.1, -0.05) is 6.92 Å². The average molecular weight is 295 g/mol. The summed E-state index contributed by atoms with van der Waals surface area (Å²) in [5.74, 6) is 0.966. The third-order valence-corrected chi connectivity index (χ3v) is 3.22. The molecule has 0 amide bonds. The molecule has 90 valence electrons. The van der Waals surface area contributed by atoms with Crippen LogP contribution >= 0.6 is 15.9 Å². The van der Waals surface area contributed by atoms with Crippen LogP contribution < -0.4 is 5.32 Å². The summed E-state index contributed by atoms with van der Waals surface area (Å²) >= 11 is 3.54. The minimum absolute atomic E-state index is 0.168. The van der Waals surface area contributed by atoms with E-state index >= 15 is 0 Å². The maximum Gasteiger partial charge on any atom is 0.105 e. The van der Waals surface area contributed by atoms with Crippen LogP contribution in [0.2, 0.25) is 0 Å². The first-order valence-corrected chi connectivity index (χ1v) is 6.46. The molecule has 0 spiro atoms. The molecule has 1 N–H and O–H groups in total. The van der Waals surface area contributed by atoms with Gasteiger partial charge in [-0.05, 0) is 46.7 Å². The van der Waals surface area contributed by atoms with Gasteiger partial charge in [-0.15, -0.1) is 0 Å². The van der Waals surface area contributed by atoms with Crippen LogP contribution in [0.1, 0.15) is 24.4 Å². The van der Waals surface area contributed by atoms with E-state index in [1.165, 1.54) is 0 Å². The van der Waals surface area contributed by atoms with Crippen molar-refractivity contribution in [1.29, 1.82) is 0 Å². The number of likely N-dealkylation sites (N-methyl/N-ethyl adjacent to an activating group) is 1. The zero-order valence-electron chi connectivity index (χ0n) is 9.69. The molecule has 0 radical (unpaired) electrons. The molecular weight excluding hydrogens is 280 g/mol. The second-order valence-corrected chi connectivity index (χ2v) is 4.62. The monoisotopic (exact) mass is 294 g/mol. The lowest BCUT2D eigenvalue weighted by atomic mass is 10.1. The molecule has 0 fully saturated rings. The number of pyridine rings is 1. The van der Waals surface area contributed by atoms with Crippen molar-refractivity contribution in [2.45, 2.75) is 19.4 Å². The molecule has 4 heteroatoms. The second-order valence-electron chi connectivity index (χ2n) is 3.76. The van der Waals surface area contributed by atoms with Crippen LogP contribution in [0.3, 0.4) is 0 Å². The van der Waals surface area contributed by atoms with Crippen LogP contribution in [0.15, 0.2) is 45.6 Å². The van der Waals surface area contributed by atoms with Crippen molar-refractivity contribution in [2.24, 2.45) is 0 Å². The smallest absolute Gasteiger partial charge is 0.105 e. The van der Waals surface area contributed by atoms with Crippen molar-refractivity contribution in [3.05, 3.63) is 52.7 Å². The Morgan fingerprint density at radius 2 is 2.29 bits per heavy atom. The first-order chi connectivity index (χ1) is 8.31. The lowest BCUT2D eigenvalue weighted by molar-refractivity contribution is 0.449. The predicted molar refractivity (Wildman–Crippen MR) is 70.8 cm³/mol. The molecule has 3 nitrogen and oxygen atoms in total. The van der Waals surface area contributed by atoms with Crippen LogP contribution in [0.25, 0.3) is 0 Å². The van der Waals surface area contributed by atoms with Crippen LogP contribution in [0.5, 0.6) is 0 Å².